The van der Waals surface area contributed by atoms with Crippen molar-refractivity contribution in [2.45, 2.75) is 20.3 Å². The molecule has 0 saturated heterocycles. The van der Waals surface area contributed by atoms with Crippen LogP contribution in [-0.4, -0.2) is 39.1 Å². The van der Waals surface area contributed by atoms with Crippen molar-refractivity contribution in [3.63, 3.8) is 0 Å². The van der Waals surface area contributed by atoms with Crippen LogP contribution in [0.2, 0.25) is 0 Å². The molecule has 5 aromatic carbocycles. The number of anilines is 1. The number of esters is 1. The van der Waals surface area contributed by atoms with Gasteiger partial charge in [0.1, 0.15) is 23.2 Å². The average molecular weight is 664 g/mol. The fourth-order valence-corrected chi connectivity index (χ4v) is 6.38. The zero-order chi connectivity index (χ0) is 35.0. The molecule has 0 saturated carbocycles. The molecule has 6 nitrogen and oxygen atoms in total. The zero-order valence-corrected chi connectivity index (χ0v) is 28.9. The van der Waals surface area contributed by atoms with Crippen molar-refractivity contribution >= 4 is 34.7 Å². The molecule has 5 aromatic rings. The van der Waals surface area contributed by atoms with Crippen LogP contribution in [-0.2, 0) is 16.0 Å². The number of benzene rings is 5. The minimum absolute atomic E-state index is 0.274. The number of ether oxygens (including phenoxy) is 3. The number of nitrogens with zero attached hydrogens (tertiary/aromatic N) is 1. The van der Waals surface area contributed by atoms with E-state index in [0.717, 1.165) is 74.8 Å². The van der Waals surface area contributed by atoms with Crippen LogP contribution in [0.4, 0.5) is 5.69 Å². The lowest BCUT2D eigenvalue weighted by molar-refractivity contribution is -0.143. The summed E-state index contributed by atoms with van der Waals surface area (Å²) in [6.45, 7) is 5.88. The molecule has 0 aliphatic carbocycles. The average Bonchev–Trinajstić information content (AvgIpc) is 3.17. The molecule has 50 heavy (non-hydrogen) atoms. The van der Waals surface area contributed by atoms with Crippen LogP contribution in [0.5, 0.6) is 17.2 Å². The number of carbonyl (C=O) groups excluding carboxylic acids is 2. The Bertz CT molecular complexity index is 1960. The van der Waals surface area contributed by atoms with E-state index in [9.17, 15) is 9.59 Å². The Kier molecular flexibility index (Phi) is 10.6. The molecule has 252 valence electrons. The minimum Gasteiger partial charge on any atom is -0.497 e. The second kappa shape index (κ2) is 15.6. The van der Waals surface area contributed by atoms with Gasteiger partial charge in [-0.1, -0.05) is 91.0 Å². The predicted octanol–water partition coefficient (Wildman–Crippen LogP) is 8.92. The molecule has 6 heteroatoms. The number of ketones is 1. The van der Waals surface area contributed by atoms with Crippen molar-refractivity contribution in [2.75, 3.05) is 32.2 Å². The van der Waals surface area contributed by atoms with E-state index in [1.165, 1.54) is 6.08 Å². The first-order valence-corrected chi connectivity index (χ1v) is 16.9. The van der Waals surface area contributed by atoms with Gasteiger partial charge in [-0.3, -0.25) is 9.59 Å². The molecule has 1 aliphatic rings. The summed E-state index contributed by atoms with van der Waals surface area (Å²) in [6, 6.07) is 40.5. The summed E-state index contributed by atoms with van der Waals surface area (Å²) in [5, 5.41) is 0. The van der Waals surface area contributed by atoms with Crippen LogP contribution in [0.3, 0.4) is 0 Å². The van der Waals surface area contributed by atoms with Crippen LogP contribution >= 0.6 is 0 Å². The highest BCUT2D eigenvalue weighted by molar-refractivity contribution is 6.08. The second-order valence-electron chi connectivity index (χ2n) is 12.1. The van der Waals surface area contributed by atoms with E-state index >= 15 is 0 Å². The summed E-state index contributed by atoms with van der Waals surface area (Å²) in [5.74, 6) is 0.440. The van der Waals surface area contributed by atoms with Gasteiger partial charge >= 0.3 is 5.97 Å². The monoisotopic (exact) mass is 663 g/mol. The smallest absolute Gasteiger partial charge is 0.322 e. The molecular weight excluding hydrogens is 622 g/mol. The zero-order valence-electron chi connectivity index (χ0n) is 28.9. The van der Waals surface area contributed by atoms with E-state index in [1.54, 1.807) is 20.3 Å². The number of carbonyl (C=O) groups is 2. The highest BCUT2D eigenvalue weighted by Gasteiger charge is 2.33. The van der Waals surface area contributed by atoms with Crippen molar-refractivity contribution in [2.24, 2.45) is 5.92 Å². The maximum absolute atomic E-state index is 13.3. The summed E-state index contributed by atoms with van der Waals surface area (Å²) >= 11 is 0. The van der Waals surface area contributed by atoms with E-state index in [2.05, 4.69) is 67.3 Å². The van der Waals surface area contributed by atoms with E-state index in [-0.39, 0.29) is 5.78 Å². The number of methoxy groups -OCH3 is 2. The van der Waals surface area contributed by atoms with Crippen LogP contribution in [0.25, 0.3) is 17.2 Å². The van der Waals surface area contributed by atoms with Crippen LogP contribution in [0, 0.1) is 5.92 Å². The van der Waals surface area contributed by atoms with E-state index < -0.39 is 11.9 Å². The number of hydrogen-bond acceptors (Lipinski definition) is 6. The molecule has 1 aliphatic heterocycles. The predicted molar refractivity (Wildman–Crippen MR) is 201 cm³/mol. The fraction of sp³-hybridized carbons (Fsp3) is 0.182. The summed E-state index contributed by atoms with van der Waals surface area (Å²) in [4.78, 5) is 28.4. The van der Waals surface area contributed by atoms with Crippen molar-refractivity contribution in [3.8, 4) is 17.2 Å². The highest BCUT2D eigenvalue weighted by atomic mass is 16.5. The van der Waals surface area contributed by atoms with E-state index in [0.29, 0.717) is 12.2 Å². The lowest BCUT2D eigenvalue weighted by Gasteiger charge is -2.26. The standard InChI is InChI=1S/C44H41NO5/c1-5-45(6-2)36-22-17-35-28-39(44(47)50-41(35)29-36)40(46)27-14-30-12-15-32(16-13-30)42(31-10-8-7-9-11-31)43(33-18-23-37(48-3)24-19-33)34-20-25-38(49-4)26-21-34/h7-27,29,39H,5-6,28H2,1-4H3/b27-14+. The largest absolute Gasteiger partial charge is 0.497 e. The maximum Gasteiger partial charge on any atom is 0.322 e. The Morgan fingerprint density at radius 2 is 1.24 bits per heavy atom. The topological polar surface area (TPSA) is 65.1 Å². The molecule has 0 amide bonds. The number of rotatable bonds is 12. The molecule has 0 fully saturated rings. The quantitative estimate of drug-likeness (QED) is 0.0437. The minimum atomic E-state index is -0.874. The van der Waals surface area contributed by atoms with E-state index in [1.807, 2.05) is 72.8 Å². The Morgan fingerprint density at radius 1 is 0.720 bits per heavy atom. The second-order valence-corrected chi connectivity index (χ2v) is 12.1. The Balaban J connectivity index is 1.31. The van der Waals surface area contributed by atoms with Gasteiger partial charge in [-0.15, -0.1) is 0 Å². The lowest BCUT2D eigenvalue weighted by atomic mass is 9.85. The first kappa shape index (κ1) is 34.0. The summed E-state index contributed by atoms with van der Waals surface area (Å²) in [5.41, 5.74) is 8.97. The third kappa shape index (κ3) is 7.40. The summed E-state index contributed by atoms with van der Waals surface area (Å²) in [6.07, 6.45) is 3.57. The highest BCUT2D eigenvalue weighted by Crippen LogP contribution is 2.38. The summed E-state index contributed by atoms with van der Waals surface area (Å²) in [7, 11) is 3.33. The van der Waals surface area contributed by atoms with Crippen molar-refractivity contribution < 1.29 is 23.8 Å². The van der Waals surface area contributed by atoms with Crippen LogP contribution in [0.1, 0.15) is 47.2 Å². The molecule has 0 N–H and O–H groups in total. The van der Waals surface area contributed by atoms with Crippen molar-refractivity contribution in [1.29, 1.82) is 0 Å². The molecule has 0 spiro atoms. The third-order valence-electron chi connectivity index (χ3n) is 9.15. The van der Waals surface area contributed by atoms with Gasteiger partial charge in [0.15, 0.2) is 5.78 Å². The molecule has 0 bridgehead atoms. The number of hydrogen-bond donors (Lipinski definition) is 0. The van der Waals surface area contributed by atoms with Gasteiger partial charge in [0, 0.05) is 24.8 Å². The Labute approximate surface area is 294 Å². The first-order valence-electron chi connectivity index (χ1n) is 16.9. The molecule has 0 radical (unpaired) electrons. The molecule has 6 rings (SSSR count). The van der Waals surface area contributed by atoms with Gasteiger partial charge in [-0.2, -0.15) is 0 Å². The number of fused-ring (bicyclic) bond motifs is 1. The molecule has 0 aromatic heterocycles. The van der Waals surface area contributed by atoms with Crippen LogP contribution < -0.4 is 19.1 Å². The van der Waals surface area contributed by atoms with Crippen molar-refractivity contribution in [3.05, 3.63) is 161 Å². The van der Waals surface area contributed by atoms with Crippen molar-refractivity contribution in [1.82, 2.24) is 0 Å². The Morgan fingerprint density at radius 3 is 1.76 bits per heavy atom. The van der Waals surface area contributed by atoms with Gasteiger partial charge in [0.2, 0.25) is 0 Å². The Hall–Kier alpha value is -5.88. The first-order chi connectivity index (χ1) is 24.4. The number of allylic oxidation sites excluding steroid dienone is 1. The van der Waals surface area contributed by atoms with Gasteiger partial charge < -0.3 is 19.1 Å². The van der Waals surface area contributed by atoms with Gasteiger partial charge in [-0.05, 0) is 101 Å². The van der Waals surface area contributed by atoms with E-state index in [4.69, 9.17) is 14.2 Å². The SMILES string of the molecule is CCN(CC)c1ccc2c(c1)OC(=O)C(C(=O)/C=C/c1ccc(C(=C(c3ccc(OC)cc3)c3ccc(OC)cc3)c3ccccc3)cc1)C2. The third-order valence-corrected chi connectivity index (χ3v) is 9.15. The summed E-state index contributed by atoms with van der Waals surface area (Å²) < 4.78 is 16.6. The maximum atomic E-state index is 13.3. The lowest BCUT2D eigenvalue weighted by Crippen LogP contribution is -2.33. The molecular formula is C44H41NO5. The normalized spacial score (nSPS) is 13.7. The molecule has 1 atom stereocenters. The van der Waals surface area contributed by atoms with Gasteiger partial charge in [-0.25, -0.2) is 0 Å². The van der Waals surface area contributed by atoms with Gasteiger partial charge in [0.25, 0.3) is 0 Å². The van der Waals surface area contributed by atoms with Gasteiger partial charge in [0.05, 0.1) is 14.2 Å². The van der Waals surface area contributed by atoms with Crippen LogP contribution in [0.15, 0.2) is 127 Å². The molecule has 1 heterocycles. The fourth-order valence-electron chi connectivity index (χ4n) is 6.38. The molecule has 1 unspecified atom stereocenters.